The fourth-order valence-electron chi connectivity index (χ4n) is 3.37. The highest BCUT2D eigenvalue weighted by molar-refractivity contribution is 7.89. The molecule has 1 aliphatic carbocycles. The van der Waals surface area contributed by atoms with Crippen molar-refractivity contribution < 1.29 is 13.2 Å². The van der Waals surface area contributed by atoms with E-state index < -0.39 is 15.9 Å². The second kappa shape index (κ2) is 7.05. The van der Waals surface area contributed by atoms with E-state index in [4.69, 9.17) is 11.6 Å². The molecule has 4 rings (SSSR count). The van der Waals surface area contributed by atoms with E-state index in [2.05, 4.69) is 22.2 Å². The van der Waals surface area contributed by atoms with Crippen LogP contribution in [-0.4, -0.2) is 21.4 Å². The first kappa shape index (κ1) is 18.7. The fraction of sp³-hybridized carbons (Fsp3) is 0.0952. The summed E-state index contributed by atoms with van der Waals surface area (Å²) in [6, 6.07) is 18.2. The van der Waals surface area contributed by atoms with Crippen molar-refractivity contribution in [2.24, 2.45) is 0 Å². The van der Waals surface area contributed by atoms with Gasteiger partial charge in [-0.3, -0.25) is 4.79 Å². The van der Waals surface area contributed by atoms with E-state index >= 15 is 0 Å². The Balaban J connectivity index is 1.63. The number of fused-ring (bicyclic) bond motifs is 3. The molecule has 0 aliphatic heterocycles. The molecule has 0 bridgehead atoms. The van der Waals surface area contributed by atoms with E-state index in [-0.39, 0.29) is 15.5 Å². The molecule has 5 nitrogen and oxygen atoms in total. The number of anilines is 1. The maximum atomic E-state index is 12.7. The maximum Gasteiger partial charge on any atom is 0.255 e. The number of hydrogen-bond donors (Lipinski definition) is 2. The second-order valence-corrected chi connectivity index (χ2v) is 8.77. The van der Waals surface area contributed by atoms with Crippen LogP contribution in [0.2, 0.25) is 5.02 Å². The van der Waals surface area contributed by atoms with Crippen molar-refractivity contribution in [3.63, 3.8) is 0 Å². The van der Waals surface area contributed by atoms with Crippen LogP contribution in [0.15, 0.2) is 65.6 Å². The van der Waals surface area contributed by atoms with Crippen molar-refractivity contribution in [2.45, 2.75) is 11.3 Å². The molecule has 1 amide bonds. The SMILES string of the molecule is CNS(=O)(=O)c1cc(C(=O)Nc2ccc3c(c2)-c2ccccc2C3)ccc1Cl. The van der Waals surface area contributed by atoms with Crippen molar-refractivity contribution in [3.8, 4) is 11.1 Å². The summed E-state index contributed by atoms with van der Waals surface area (Å²) >= 11 is 5.99. The first-order valence-electron chi connectivity index (χ1n) is 8.65. The lowest BCUT2D eigenvalue weighted by molar-refractivity contribution is 0.102. The van der Waals surface area contributed by atoms with Crippen LogP contribution in [0.1, 0.15) is 21.5 Å². The van der Waals surface area contributed by atoms with Gasteiger partial charge in [0, 0.05) is 11.3 Å². The van der Waals surface area contributed by atoms with Gasteiger partial charge in [0.25, 0.3) is 5.91 Å². The van der Waals surface area contributed by atoms with Crippen molar-refractivity contribution in [3.05, 3.63) is 82.4 Å². The zero-order valence-corrected chi connectivity index (χ0v) is 16.6. The number of amides is 1. The molecule has 0 spiro atoms. The Morgan fingerprint density at radius 1 is 0.964 bits per heavy atom. The molecule has 0 atom stereocenters. The van der Waals surface area contributed by atoms with Crippen LogP contribution in [0.5, 0.6) is 0 Å². The molecular weight excluding hydrogens is 396 g/mol. The van der Waals surface area contributed by atoms with Crippen molar-refractivity contribution in [1.82, 2.24) is 4.72 Å². The van der Waals surface area contributed by atoms with Crippen LogP contribution in [0.3, 0.4) is 0 Å². The highest BCUT2D eigenvalue weighted by Gasteiger charge is 2.20. The van der Waals surface area contributed by atoms with Gasteiger partial charge >= 0.3 is 0 Å². The summed E-state index contributed by atoms with van der Waals surface area (Å²) in [5.41, 5.74) is 5.60. The molecule has 0 radical (unpaired) electrons. The fourth-order valence-corrected chi connectivity index (χ4v) is 4.61. The highest BCUT2D eigenvalue weighted by Crippen LogP contribution is 2.37. The van der Waals surface area contributed by atoms with Gasteiger partial charge in [-0.15, -0.1) is 0 Å². The Labute approximate surface area is 168 Å². The average Bonchev–Trinajstić information content (AvgIpc) is 3.06. The molecule has 1 aliphatic rings. The van der Waals surface area contributed by atoms with Crippen LogP contribution >= 0.6 is 11.6 Å². The molecule has 0 aromatic heterocycles. The molecule has 2 N–H and O–H groups in total. The van der Waals surface area contributed by atoms with Gasteiger partial charge in [-0.1, -0.05) is 41.9 Å². The summed E-state index contributed by atoms with van der Waals surface area (Å²) in [6.07, 6.45) is 0.877. The van der Waals surface area contributed by atoms with Crippen molar-refractivity contribution in [1.29, 1.82) is 0 Å². The number of hydrogen-bond acceptors (Lipinski definition) is 3. The summed E-state index contributed by atoms with van der Waals surface area (Å²) in [5.74, 6) is -0.407. The van der Waals surface area contributed by atoms with Gasteiger partial charge in [-0.2, -0.15) is 0 Å². The normalized spacial score (nSPS) is 12.4. The van der Waals surface area contributed by atoms with Crippen molar-refractivity contribution in [2.75, 3.05) is 12.4 Å². The molecular formula is C21H17ClN2O3S. The minimum Gasteiger partial charge on any atom is -0.322 e. The third kappa shape index (κ3) is 3.30. The first-order valence-corrected chi connectivity index (χ1v) is 10.5. The highest BCUT2D eigenvalue weighted by atomic mass is 35.5. The average molecular weight is 413 g/mol. The lowest BCUT2D eigenvalue weighted by Crippen LogP contribution is -2.20. The lowest BCUT2D eigenvalue weighted by Gasteiger charge is -2.10. The Morgan fingerprint density at radius 3 is 2.50 bits per heavy atom. The monoisotopic (exact) mass is 412 g/mol. The van der Waals surface area contributed by atoms with E-state index in [1.807, 2.05) is 30.3 Å². The van der Waals surface area contributed by atoms with E-state index in [1.54, 1.807) is 0 Å². The largest absolute Gasteiger partial charge is 0.322 e. The minimum atomic E-state index is -3.76. The quantitative estimate of drug-likeness (QED) is 0.530. The summed E-state index contributed by atoms with van der Waals surface area (Å²) in [7, 11) is -2.47. The third-order valence-electron chi connectivity index (χ3n) is 4.81. The van der Waals surface area contributed by atoms with Crippen molar-refractivity contribution >= 4 is 33.2 Å². The number of carbonyl (C=O) groups is 1. The molecule has 0 unspecified atom stereocenters. The smallest absolute Gasteiger partial charge is 0.255 e. The number of nitrogens with one attached hydrogen (secondary N) is 2. The molecule has 3 aromatic carbocycles. The van der Waals surface area contributed by atoms with Crippen LogP contribution in [-0.2, 0) is 16.4 Å². The lowest BCUT2D eigenvalue weighted by atomic mass is 10.1. The zero-order chi connectivity index (χ0) is 19.9. The molecule has 0 saturated heterocycles. The number of carbonyl (C=O) groups excluding carboxylic acids is 1. The van der Waals surface area contributed by atoms with Gasteiger partial charge in [0.1, 0.15) is 4.90 Å². The summed E-state index contributed by atoms with van der Waals surface area (Å²) < 4.78 is 26.4. The number of halogens is 1. The van der Waals surface area contributed by atoms with Crippen LogP contribution < -0.4 is 10.0 Å². The van der Waals surface area contributed by atoms with E-state index in [0.717, 1.165) is 12.0 Å². The third-order valence-corrected chi connectivity index (χ3v) is 6.70. The van der Waals surface area contributed by atoms with Gasteiger partial charge in [-0.05, 0) is 66.1 Å². The molecule has 0 saturated carbocycles. The maximum absolute atomic E-state index is 12.7. The molecule has 7 heteroatoms. The second-order valence-electron chi connectivity index (χ2n) is 6.51. The molecule has 0 fully saturated rings. The minimum absolute atomic E-state index is 0.0556. The molecule has 142 valence electrons. The Bertz CT molecular complexity index is 1210. The topological polar surface area (TPSA) is 75.3 Å². The molecule has 3 aromatic rings. The Kier molecular flexibility index (Phi) is 4.71. The number of sulfonamides is 1. The zero-order valence-electron chi connectivity index (χ0n) is 15.0. The predicted octanol–water partition coefficient (Wildman–Crippen LogP) is 4.07. The van der Waals surface area contributed by atoms with Gasteiger partial charge in [-0.25, -0.2) is 13.1 Å². The van der Waals surface area contributed by atoms with Crippen LogP contribution in [0.4, 0.5) is 5.69 Å². The van der Waals surface area contributed by atoms with E-state index in [0.29, 0.717) is 5.69 Å². The Hall–Kier alpha value is -2.67. The predicted molar refractivity (Wildman–Crippen MR) is 110 cm³/mol. The van der Waals surface area contributed by atoms with Gasteiger partial charge in [0.15, 0.2) is 0 Å². The van der Waals surface area contributed by atoms with Crippen LogP contribution in [0, 0.1) is 0 Å². The summed E-state index contributed by atoms with van der Waals surface area (Å²) in [5, 5.41) is 2.89. The van der Waals surface area contributed by atoms with Gasteiger partial charge in [0.05, 0.1) is 5.02 Å². The van der Waals surface area contributed by atoms with Gasteiger partial charge < -0.3 is 5.32 Å². The molecule has 0 heterocycles. The van der Waals surface area contributed by atoms with E-state index in [9.17, 15) is 13.2 Å². The summed E-state index contributed by atoms with van der Waals surface area (Å²) in [6.45, 7) is 0. The van der Waals surface area contributed by atoms with Gasteiger partial charge in [0.2, 0.25) is 10.0 Å². The summed E-state index contributed by atoms with van der Waals surface area (Å²) in [4.78, 5) is 12.5. The van der Waals surface area contributed by atoms with Crippen LogP contribution in [0.25, 0.3) is 11.1 Å². The standard InChI is InChI=1S/C21H17ClN2O3S/c1-23-28(26,27)20-11-15(7-9-19(20)22)21(25)24-16-8-6-14-10-13-4-2-3-5-17(13)18(14)12-16/h2-9,11-12,23H,10H2,1H3,(H,24,25). The first-order chi connectivity index (χ1) is 13.4. The number of rotatable bonds is 4. The van der Waals surface area contributed by atoms with E-state index in [1.165, 1.54) is 41.9 Å². The Morgan fingerprint density at radius 2 is 1.71 bits per heavy atom. The molecule has 28 heavy (non-hydrogen) atoms. The number of benzene rings is 3.